The molecule has 0 saturated heterocycles. The van der Waals surface area contributed by atoms with Gasteiger partial charge in [0.25, 0.3) is 0 Å². The van der Waals surface area contributed by atoms with Crippen LogP contribution in [0.4, 0.5) is 5.69 Å². The first-order valence-electron chi connectivity index (χ1n) is 4.93. The molecule has 0 spiro atoms. The van der Waals surface area contributed by atoms with E-state index in [2.05, 4.69) is 10.9 Å². The average molecular weight is 296 g/mol. The Morgan fingerprint density at radius 1 is 1.12 bits per heavy atom. The second kappa shape index (κ2) is 5.34. The fourth-order valence-corrected chi connectivity index (χ4v) is 1.88. The molecule has 0 aliphatic carbocycles. The second-order valence-electron chi connectivity index (χ2n) is 4.57. The van der Waals surface area contributed by atoms with E-state index in [0.29, 0.717) is 20.8 Å². The molecule has 1 aromatic rings. The molecular weight excluding hydrogens is 282 g/mol. The topological polar surface area (TPSA) is 41.1 Å². The summed E-state index contributed by atoms with van der Waals surface area (Å²) in [4.78, 5) is 11.6. The first kappa shape index (κ1) is 14.4. The van der Waals surface area contributed by atoms with E-state index in [1.807, 2.05) is 0 Å². The number of rotatable bonds is 2. The average Bonchev–Trinajstić information content (AvgIpc) is 2.13. The zero-order valence-electron chi connectivity index (χ0n) is 9.70. The van der Waals surface area contributed by atoms with E-state index in [4.69, 9.17) is 34.8 Å². The smallest absolute Gasteiger partial charge is 0.243 e. The molecule has 17 heavy (non-hydrogen) atoms. The van der Waals surface area contributed by atoms with Crippen LogP contribution in [0, 0.1) is 5.41 Å². The van der Waals surface area contributed by atoms with Crippen molar-refractivity contribution in [1.29, 1.82) is 0 Å². The standard InChI is InChI=1S/C11H13Cl3N2O/c1-11(2,3)10(17)16-15-9-7(13)4-6(12)5-8(9)14/h4-5,15H,1-3H3,(H,16,17). The Hall–Kier alpha value is -0.640. The first-order chi connectivity index (χ1) is 7.71. The highest BCUT2D eigenvalue weighted by Gasteiger charge is 2.21. The number of carbonyl (C=O) groups is 1. The highest BCUT2D eigenvalue weighted by Crippen LogP contribution is 2.33. The Morgan fingerprint density at radius 3 is 2.00 bits per heavy atom. The summed E-state index contributed by atoms with van der Waals surface area (Å²) < 4.78 is 0. The van der Waals surface area contributed by atoms with Gasteiger partial charge in [0.15, 0.2) is 0 Å². The van der Waals surface area contributed by atoms with Crippen molar-refractivity contribution in [2.24, 2.45) is 5.41 Å². The number of hydrogen-bond donors (Lipinski definition) is 2. The number of halogens is 3. The van der Waals surface area contributed by atoms with Gasteiger partial charge in [-0.1, -0.05) is 55.6 Å². The van der Waals surface area contributed by atoms with Crippen molar-refractivity contribution in [3.05, 3.63) is 27.2 Å². The maximum atomic E-state index is 11.6. The molecule has 2 N–H and O–H groups in total. The van der Waals surface area contributed by atoms with Crippen LogP contribution in [0.5, 0.6) is 0 Å². The van der Waals surface area contributed by atoms with Gasteiger partial charge in [0.1, 0.15) is 0 Å². The van der Waals surface area contributed by atoms with E-state index in [1.165, 1.54) is 0 Å². The lowest BCUT2D eigenvalue weighted by Gasteiger charge is -2.19. The van der Waals surface area contributed by atoms with E-state index in [1.54, 1.807) is 32.9 Å². The molecule has 0 aliphatic heterocycles. The van der Waals surface area contributed by atoms with Crippen LogP contribution in [-0.2, 0) is 4.79 Å². The van der Waals surface area contributed by atoms with Crippen LogP contribution >= 0.6 is 34.8 Å². The Labute approximate surface area is 115 Å². The van der Waals surface area contributed by atoms with Gasteiger partial charge >= 0.3 is 0 Å². The highest BCUT2D eigenvalue weighted by molar-refractivity contribution is 6.41. The minimum atomic E-state index is -0.502. The van der Waals surface area contributed by atoms with Crippen molar-refractivity contribution < 1.29 is 4.79 Å². The van der Waals surface area contributed by atoms with E-state index < -0.39 is 5.41 Å². The van der Waals surface area contributed by atoms with E-state index in [0.717, 1.165) is 0 Å². The molecule has 1 rings (SSSR count). The van der Waals surface area contributed by atoms with Crippen molar-refractivity contribution in [2.45, 2.75) is 20.8 Å². The van der Waals surface area contributed by atoms with Gasteiger partial charge in [-0.05, 0) is 12.1 Å². The molecule has 0 radical (unpaired) electrons. The molecule has 0 fully saturated rings. The monoisotopic (exact) mass is 294 g/mol. The maximum absolute atomic E-state index is 11.6. The highest BCUT2D eigenvalue weighted by atomic mass is 35.5. The van der Waals surface area contributed by atoms with Gasteiger partial charge in [-0.2, -0.15) is 0 Å². The number of benzene rings is 1. The molecular formula is C11H13Cl3N2O. The zero-order chi connectivity index (χ0) is 13.2. The minimum Gasteiger partial charge on any atom is -0.296 e. The summed E-state index contributed by atoms with van der Waals surface area (Å²) >= 11 is 17.7. The normalized spacial score (nSPS) is 11.2. The lowest BCUT2D eigenvalue weighted by Crippen LogP contribution is -2.38. The lowest BCUT2D eigenvalue weighted by atomic mass is 9.96. The van der Waals surface area contributed by atoms with Crippen molar-refractivity contribution >= 4 is 46.4 Å². The van der Waals surface area contributed by atoms with Gasteiger partial charge in [0, 0.05) is 10.4 Å². The van der Waals surface area contributed by atoms with Crippen LogP contribution in [0.15, 0.2) is 12.1 Å². The van der Waals surface area contributed by atoms with Crippen LogP contribution in [0.25, 0.3) is 0 Å². The van der Waals surface area contributed by atoms with E-state index in [9.17, 15) is 4.79 Å². The number of amides is 1. The SMILES string of the molecule is CC(C)(C)C(=O)NNc1c(Cl)cc(Cl)cc1Cl. The van der Waals surface area contributed by atoms with Crippen LogP contribution in [0.2, 0.25) is 15.1 Å². The van der Waals surface area contributed by atoms with Crippen molar-refractivity contribution in [3.8, 4) is 0 Å². The van der Waals surface area contributed by atoms with Gasteiger partial charge < -0.3 is 0 Å². The second-order valence-corrected chi connectivity index (χ2v) is 5.82. The fourth-order valence-electron chi connectivity index (χ4n) is 0.968. The summed E-state index contributed by atoms with van der Waals surface area (Å²) in [5, 5.41) is 1.13. The molecule has 3 nitrogen and oxygen atoms in total. The van der Waals surface area contributed by atoms with Crippen molar-refractivity contribution in [2.75, 3.05) is 5.43 Å². The number of anilines is 1. The molecule has 0 aliphatic rings. The van der Waals surface area contributed by atoms with E-state index >= 15 is 0 Å². The van der Waals surface area contributed by atoms with Gasteiger partial charge in [0.2, 0.25) is 5.91 Å². The molecule has 1 aromatic carbocycles. The third kappa shape index (κ3) is 3.95. The molecule has 0 aromatic heterocycles. The third-order valence-corrected chi connectivity index (χ3v) is 2.80. The summed E-state index contributed by atoms with van der Waals surface area (Å²) in [6, 6.07) is 3.08. The Morgan fingerprint density at radius 2 is 1.59 bits per heavy atom. The minimum absolute atomic E-state index is 0.167. The van der Waals surface area contributed by atoms with Gasteiger partial charge in [-0.15, -0.1) is 0 Å². The van der Waals surface area contributed by atoms with E-state index in [-0.39, 0.29) is 5.91 Å². The Bertz CT molecular complexity index is 418. The van der Waals surface area contributed by atoms with Crippen LogP contribution in [0.3, 0.4) is 0 Å². The number of nitrogens with one attached hydrogen (secondary N) is 2. The molecule has 0 bridgehead atoms. The molecule has 6 heteroatoms. The summed E-state index contributed by atoms with van der Waals surface area (Å²) in [6.45, 7) is 5.40. The number of carbonyl (C=O) groups excluding carboxylic acids is 1. The third-order valence-electron chi connectivity index (χ3n) is 1.99. The number of hydrogen-bond acceptors (Lipinski definition) is 2. The lowest BCUT2D eigenvalue weighted by molar-refractivity contribution is -0.127. The molecule has 1 amide bonds. The molecule has 0 saturated carbocycles. The largest absolute Gasteiger partial charge is 0.296 e. The Balaban J connectivity index is 2.80. The van der Waals surface area contributed by atoms with Crippen molar-refractivity contribution in [1.82, 2.24) is 5.43 Å². The van der Waals surface area contributed by atoms with Gasteiger partial charge in [-0.25, -0.2) is 0 Å². The predicted molar refractivity (Wildman–Crippen MR) is 72.7 cm³/mol. The number of hydrazine groups is 1. The summed E-state index contributed by atoms with van der Waals surface area (Å²) in [5.74, 6) is -0.167. The summed E-state index contributed by atoms with van der Waals surface area (Å²) in [5.41, 5.74) is 5.16. The molecule has 0 heterocycles. The predicted octanol–water partition coefficient (Wildman–Crippen LogP) is 4.14. The Kier molecular flexibility index (Phi) is 4.53. The zero-order valence-corrected chi connectivity index (χ0v) is 12.0. The van der Waals surface area contributed by atoms with Crippen LogP contribution in [-0.4, -0.2) is 5.91 Å². The van der Waals surface area contributed by atoms with Crippen LogP contribution in [0.1, 0.15) is 20.8 Å². The van der Waals surface area contributed by atoms with Crippen molar-refractivity contribution in [3.63, 3.8) is 0 Å². The molecule has 94 valence electrons. The fraction of sp³-hybridized carbons (Fsp3) is 0.364. The summed E-state index contributed by atoms with van der Waals surface area (Å²) in [6.07, 6.45) is 0. The molecule has 0 atom stereocenters. The quantitative estimate of drug-likeness (QED) is 0.805. The maximum Gasteiger partial charge on any atom is 0.243 e. The first-order valence-corrected chi connectivity index (χ1v) is 6.06. The summed E-state index contributed by atoms with van der Waals surface area (Å²) in [7, 11) is 0. The van der Waals surface area contributed by atoms with Gasteiger partial charge in [-0.3, -0.25) is 15.6 Å². The van der Waals surface area contributed by atoms with Crippen LogP contribution < -0.4 is 10.9 Å². The molecule has 0 unspecified atom stereocenters. The van der Waals surface area contributed by atoms with Gasteiger partial charge in [0.05, 0.1) is 15.7 Å².